The monoisotopic (exact) mass is 429 g/mol. The Morgan fingerprint density at radius 3 is 2.21 bits per heavy atom. The molecule has 2 rings (SSSR count). The van der Waals surface area contributed by atoms with E-state index < -0.39 is 33.2 Å². The normalized spacial score (nSPS) is 12.5. The summed E-state index contributed by atoms with van der Waals surface area (Å²) in [6.07, 6.45) is -4.60. The van der Waals surface area contributed by atoms with Crippen molar-refractivity contribution in [3.8, 4) is 0 Å². The smallest absolute Gasteiger partial charge is 0.298 e. The molecular formula is C19H22F3N3O3S. The van der Waals surface area contributed by atoms with E-state index in [2.05, 4.69) is 15.6 Å². The first-order valence-electron chi connectivity index (χ1n) is 8.58. The summed E-state index contributed by atoms with van der Waals surface area (Å²) in [6, 6.07) is 8.66. The molecule has 29 heavy (non-hydrogen) atoms. The highest BCUT2D eigenvalue weighted by molar-refractivity contribution is 7.89. The van der Waals surface area contributed by atoms with Gasteiger partial charge < -0.3 is 0 Å². The van der Waals surface area contributed by atoms with Crippen molar-refractivity contribution in [2.24, 2.45) is 0 Å². The lowest BCUT2D eigenvalue weighted by molar-refractivity contribution is -0.137. The zero-order valence-electron chi connectivity index (χ0n) is 16.3. The fourth-order valence-corrected chi connectivity index (χ4v) is 3.95. The van der Waals surface area contributed by atoms with Gasteiger partial charge in [-0.2, -0.15) is 13.2 Å². The third-order valence-electron chi connectivity index (χ3n) is 3.75. The molecule has 0 atom stereocenters. The van der Waals surface area contributed by atoms with Gasteiger partial charge in [-0.25, -0.2) is 13.1 Å². The number of nitrogens with one attached hydrogen (secondary N) is 3. The zero-order valence-corrected chi connectivity index (χ0v) is 17.1. The molecule has 158 valence electrons. The van der Waals surface area contributed by atoms with Crippen molar-refractivity contribution in [2.75, 3.05) is 5.43 Å². The summed E-state index contributed by atoms with van der Waals surface area (Å²) >= 11 is 0. The maximum atomic E-state index is 13.1. The van der Waals surface area contributed by atoms with Crippen LogP contribution >= 0.6 is 0 Å². The van der Waals surface area contributed by atoms with Gasteiger partial charge in [-0.3, -0.25) is 15.6 Å². The molecular weight excluding hydrogens is 407 g/mol. The number of rotatable bonds is 5. The molecule has 0 saturated carbocycles. The molecule has 0 unspecified atom stereocenters. The molecule has 6 nitrogen and oxygen atoms in total. The van der Waals surface area contributed by atoms with Crippen LogP contribution in [-0.4, -0.2) is 19.9 Å². The third-order valence-corrected chi connectivity index (χ3v) is 5.50. The molecule has 3 N–H and O–H groups in total. The molecule has 2 aromatic rings. The average Bonchev–Trinajstić information content (AvgIpc) is 2.57. The summed E-state index contributed by atoms with van der Waals surface area (Å²) < 4.78 is 66.6. The minimum absolute atomic E-state index is 0.0128. The number of benzene rings is 2. The molecule has 0 aromatic heterocycles. The second-order valence-electron chi connectivity index (χ2n) is 7.45. The first kappa shape index (κ1) is 22.7. The minimum atomic E-state index is -4.60. The lowest BCUT2D eigenvalue weighted by Crippen LogP contribution is -2.40. The Labute approximate surface area is 167 Å². The highest BCUT2D eigenvalue weighted by Crippen LogP contribution is 2.34. The molecule has 2 aromatic carbocycles. The van der Waals surface area contributed by atoms with Gasteiger partial charge >= 0.3 is 6.18 Å². The molecule has 0 heterocycles. The molecule has 0 aliphatic carbocycles. The van der Waals surface area contributed by atoms with Crippen LogP contribution < -0.4 is 15.6 Å². The van der Waals surface area contributed by atoms with Crippen LogP contribution in [0.5, 0.6) is 0 Å². The Kier molecular flexibility index (Phi) is 6.29. The Morgan fingerprint density at radius 2 is 1.62 bits per heavy atom. The number of amides is 1. The van der Waals surface area contributed by atoms with E-state index in [1.54, 1.807) is 27.7 Å². The van der Waals surface area contributed by atoms with Gasteiger partial charge in [0.05, 0.1) is 16.1 Å². The molecule has 0 fully saturated rings. The second-order valence-corrected chi connectivity index (χ2v) is 9.14. The summed E-state index contributed by atoms with van der Waals surface area (Å²) in [4.78, 5) is 12.4. The van der Waals surface area contributed by atoms with E-state index in [1.807, 2.05) is 0 Å². The molecule has 0 spiro atoms. The lowest BCUT2D eigenvalue weighted by Gasteiger charge is -2.21. The average molecular weight is 429 g/mol. The minimum Gasteiger partial charge on any atom is -0.298 e. The van der Waals surface area contributed by atoms with E-state index in [-0.39, 0.29) is 16.1 Å². The van der Waals surface area contributed by atoms with Gasteiger partial charge in [0.25, 0.3) is 5.91 Å². The fourth-order valence-electron chi connectivity index (χ4n) is 2.51. The first-order valence-corrected chi connectivity index (χ1v) is 10.1. The van der Waals surface area contributed by atoms with Gasteiger partial charge in [-0.1, -0.05) is 18.2 Å². The molecule has 0 saturated heterocycles. The fraction of sp³-hybridized carbons (Fsp3) is 0.316. The van der Waals surface area contributed by atoms with Crippen LogP contribution in [0.2, 0.25) is 0 Å². The maximum absolute atomic E-state index is 13.1. The number of aryl methyl sites for hydroxylation is 1. The van der Waals surface area contributed by atoms with Crippen molar-refractivity contribution < 1.29 is 26.4 Å². The first-order chi connectivity index (χ1) is 13.2. The molecule has 0 aliphatic heterocycles. The molecule has 1 amide bonds. The highest BCUT2D eigenvalue weighted by Gasteiger charge is 2.33. The largest absolute Gasteiger partial charge is 0.418 e. The lowest BCUT2D eigenvalue weighted by atomic mass is 10.1. The zero-order chi connectivity index (χ0) is 22.0. The molecule has 0 bridgehead atoms. The summed E-state index contributed by atoms with van der Waals surface area (Å²) in [5.41, 5.74) is 2.92. The summed E-state index contributed by atoms with van der Waals surface area (Å²) in [5, 5.41) is 0. The van der Waals surface area contributed by atoms with Crippen molar-refractivity contribution in [1.82, 2.24) is 10.1 Å². The van der Waals surface area contributed by atoms with Gasteiger partial charge in [0, 0.05) is 11.1 Å². The topological polar surface area (TPSA) is 87.3 Å². The standard InChI is InChI=1S/C19H22F3N3O3S/c1-12-9-10-13(29(27,28)25-18(2,3)4)11-14(12)17(26)24-23-16-8-6-5-7-15(16)19(20,21)22/h5-11,23,25H,1-4H3,(H,24,26). The summed E-state index contributed by atoms with van der Waals surface area (Å²) in [6.45, 7) is 6.61. The maximum Gasteiger partial charge on any atom is 0.418 e. The number of sulfonamides is 1. The quantitative estimate of drug-likeness (QED) is 0.630. The third kappa shape index (κ3) is 5.94. The van der Waals surface area contributed by atoms with E-state index >= 15 is 0 Å². The van der Waals surface area contributed by atoms with Crippen LogP contribution in [0, 0.1) is 6.92 Å². The number of hydrogen-bond donors (Lipinski definition) is 3. The number of para-hydroxylation sites is 1. The SMILES string of the molecule is Cc1ccc(S(=O)(=O)NC(C)(C)C)cc1C(=O)NNc1ccccc1C(F)(F)F. The highest BCUT2D eigenvalue weighted by atomic mass is 32.2. The van der Waals surface area contributed by atoms with Crippen molar-refractivity contribution >= 4 is 21.6 Å². The van der Waals surface area contributed by atoms with Gasteiger partial charge in [0.2, 0.25) is 10.0 Å². The molecule has 0 radical (unpaired) electrons. The van der Waals surface area contributed by atoms with Crippen molar-refractivity contribution in [1.29, 1.82) is 0 Å². The Hall–Kier alpha value is -2.59. The van der Waals surface area contributed by atoms with Crippen LogP contribution in [0.1, 0.15) is 42.3 Å². The van der Waals surface area contributed by atoms with Gasteiger partial charge in [-0.05, 0) is 57.5 Å². The predicted octanol–water partition coefficient (Wildman–Crippen LogP) is 3.85. The van der Waals surface area contributed by atoms with Gasteiger partial charge in [-0.15, -0.1) is 0 Å². The van der Waals surface area contributed by atoms with Gasteiger partial charge in [0.1, 0.15) is 0 Å². The van der Waals surface area contributed by atoms with E-state index in [9.17, 15) is 26.4 Å². The number of hydrazine groups is 1. The number of halogens is 3. The van der Waals surface area contributed by atoms with E-state index in [4.69, 9.17) is 0 Å². The number of carbonyl (C=O) groups is 1. The van der Waals surface area contributed by atoms with Crippen molar-refractivity contribution in [3.63, 3.8) is 0 Å². The summed E-state index contributed by atoms with van der Waals surface area (Å²) in [7, 11) is -3.88. The Morgan fingerprint density at radius 1 is 1.00 bits per heavy atom. The molecule has 0 aliphatic rings. The second kappa shape index (κ2) is 8.03. The van der Waals surface area contributed by atoms with Crippen LogP contribution in [0.4, 0.5) is 18.9 Å². The van der Waals surface area contributed by atoms with E-state index in [0.717, 1.165) is 6.07 Å². The van der Waals surface area contributed by atoms with Gasteiger partial charge in [0.15, 0.2) is 0 Å². The van der Waals surface area contributed by atoms with Crippen LogP contribution in [-0.2, 0) is 16.2 Å². The Bertz CT molecular complexity index is 1010. The van der Waals surface area contributed by atoms with Crippen LogP contribution in [0.3, 0.4) is 0 Å². The van der Waals surface area contributed by atoms with Crippen molar-refractivity contribution in [3.05, 3.63) is 59.2 Å². The Balaban J connectivity index is 2.27. The number of anilines is 1. The number of carbonyl (C=O) groups excluding carboxylic acids is 1. The van der Waals surface area contributed by atoms with Crippen molar-refractivity contribution in [2.45, 2.75) is 44.3 Å². The van der Waals surface area contributed by atoms with Crippen LogP contribution in [0.15, 0.2) is 47.4 Å². The molecule has 10 heteroatoms. The number of alkyl halides is 3. The van der Waals surface area contributed by atoms with E-state index in [0.29, 0.717) is 5.56 Å². The van der Waals surface area contributed by atoms with Crippen LogP contribution in [0.25, 0.3) is 0 Å². The summed E-state index contributed by atoms with van der Waals surface area (Å²) in [5.74, 6) is -0.771. The van der Waals surface area contributed by atoms with E-state index in [1.165, 1.54) is 36.4 Å². The number of hydrogen-bond acceptors (Lipinski definition) is 4. The predicted molar refractivity (Wildman–Crippen MR) is 104 cm³/mol.